The molecule has 0 radical (unpaired) electrons. The van der Waals surface area contributed by atoms with Crippen molar-refractivity contribution in [1.82, 2.24) is 14.5 Å². The summed E-state index contributed by atoms with van der Waals surface area (Å²) >= 11 is 1.42. The van der Waals surface area contributed by atoms with E-state index in [0.717, 1.165) is 65.7 Å². The Labute approximate surface area is 180 Å². The van der Waals surface area contributed by atoms with Gasteiger partial charge >= 0.3 is 0 Å². The highest BCUT2D eigenvalue weighted by Crippen LogP contribution is 2.27. The van der Waals surface area contributed by atoms with Crippen molar-refractivity contribution >= 4 is 28.6 Å². The van der Waals surface area contributed by atoms with Gasteiger partial charge in [-0.2, -0.15) is 0 Å². The maximum Gasteiger partial charge on any atom is 0.151 e. The van der Waals surface area contributed by atoms with Crippen molar-refractivity contribution in [3.8, 4) is 0 Å². The Morgan fingerprint density at radius 2 is 1.93 bits per heavy atom. The van der Waals surface area contributed by atoms with Crippen LogP contribution in [0.3, 0.4) is 0 Å². The monoisotopic (exact) mass is 434 g/mol. The molecule has 0 aliphatic heterocycles. The third-order valence-electron chi connectivity index (χ3n) is 5.18. The molecule has 0 atom stereocenters. The van der Waals surface area contributed by atoms with Crippen LogP contribution in [0.1, 0.15) is 36.3 Å². The van der Waals surface area contributed by atoms with Gasteiger partial charge in [0.15, 0.2) is 5.82 Å². The predicted molar refractivity (Wildman–Crippen MR) is 118 cm³/mol. The van der Waals surface area contributed by atoms with Gasteiger partial charge in [-0.3, -0.25) is 0 Å². The first kappa shape index (κ1) is 22.5. The molecule has 3 aromatic rings. The maximum absolute atomic E-state index is 13.7. The van der Waals surface area contributed by atoms with Crippen molar-refractivity contribution in [2.75, 3.05) is 25.2 Å². The van der Waals surface area contributed by atoms with Gasteiger partial charge in [0.1, 0.15) is 23.0 Å². The standard InChI is InChI=1S/C22H28F2N4OS/c1-14-15(2)26-22(25)20-21(14)28(19(27-20)9-11-29-3)10-5-4-6-12-30-18-8-7-16(23)13-17(18)24/h7-8,13H,4-6,9-12H2,1-3H3,(H2,25,26). The van der Waals surface area contributed by atoms with Gasteiger partial charge in [0.05, 0.1) is 12.1 Å². The summed E-state index contributed by atoms with van der Waals surface area (Å²) in [6.45, 7) is 5.43. The number of fused-ring (bicyclic) bond motifs is 1. The van der Waals surface area contributed by atoms with E-state index in [1.54, 1.807) is 7.11 Å². The number of rotatable bonds is 10. The van der Waals surface area contributed by atoms with Gasteiger partial charge in [0.2, 0.25) is 0 Å². The zero-order valence-corrected chi connectivity index (χ0v) is 18.5. The molecule has 8 heteroatoms. The first-order valence-corrected chi connectivity index (χ1v) is 11.1. The molecule has 0 aliphatic rings. The lowest BCUT2D eigenvalue weighted by Gasteiger charge is -2.12. The molecule has 0 amide bonds. The van der Waals surface area contributed by atoms with Crippen molar-refractivity contribution in [3.63, 3.8) is 0 Å². The molecule has 0 spiro atoms. The van der Waals surface area contributed by atoms with E-state index in [1.165, 1.54) is 23.9 Å². The Balaban J connectivity index is 1.63. The van der Waals surface area contributed by atoms with Crippen LogP contribution in [-0.2, 0) is 17.7 Å². The van der Waals surface area contributed by atoms with E-state index in [-0.39, 0.29) is 0 Å². The molecule has 162 valence electrons. The molecule has 0 unspecified atom stereocenters. The Kier molecular flexibility index (Phi) is 7.66. The fraction of sp³-hybridized carbons (Fsp3) is 0.455. The summed E-state index contributed by atoms with van der Waals surface area (Å²) in [4.78, 5) is 9.65. The van der Waals surface area contributed by atoms with E-state index in [0.29, 0.717) is 23.7 Å². The van der Waals surface area contributed by atoms with Crippen molar-refractivity contribution in [2.24, 2.45) is 0 Å². The van der Waals surface area contributed by atoms with E-state index in [2.05, 4.69) is 16.5 Å². The second-order valence-electron chi connectivity index (χ2n) is 7.31. The summed E-state index contributed by atoms with van der Waals surface area (Å²) < 4.78 is 34.2. The molecule has 2 aromatic heterocycles. The van der Waals surface area contributed by atoms with E-state index in [9.17, 15) is 8.78 Å². The molecule has 2 N–H and O–H groups in total. The summed E-state index contributed by atoms with van der Waals surface area (Å²) in [5, 5.41) is 0. The van der Waals surface area contributed by atoms with Crippen LogP contribution in [0.2, 0.25) is 0 Å². The first-order valence-electron chi connectivity index (χ1n) is 10.1. The Hall–Kier alpha value is -2.19. The molecule has 0 fully saturated rings. The number of nitrogens with zero attached hydrogens (tertiary/aromatic N) is 3. The number of hydrogen-bond donors (Lipinski definition) is 1. The highest BCUT2D eigenvalue weighted by atomic mass is 32.2. The van der Waals surface area contributed by atoms with Crippen LogP contribution >= 0.6 is 11.8 Å². The summed E-state index contributed by atoms with van der Waals surface area (Å²) in [5.41, 5.74) is 9.95. The zero-order valence-electron chi connectivity index (χ0n) is 17.7. The molecule has 1 aromatic carbocycles. The van der Waals surface area contributed by atoms with E-state index >= 15 is 0 Å². The number of aryl methyl sites for hydroxylation is 3. The number of anilines is 1. The van der Waals surface area contributed by atoms with Crippen molar-refractivity contribution in [1.29, 1.82) is 0 Å². The predicted octanol–water partition coefficient (Wildman–Crippen LogP) is 5.06. The molecular weight excluding hydrogens is 406 g/mol. The number of pyridine rings is 1. The third kappa shape index (κ3) is 5.10. The molecule has 0 saturated heterocycles. The number of nitrogen functional groups attached to an aromatic ring is 1. The van der Waals surface area contributed by atoms with Gasteiger partial charge in [-0.15, -0.1) is 11.8 Å². The van der Waals surface area contributed by atoms with Crippen molar-refractivity contribution in [3.05, 3.63) is 46.9 Å². The number of nitrogens with two attached hydrogens (primary N) is 1. The lowest BCUT2D eigenvalue weighted by molar-refractivity contribution is 0.199. The first-order chi connectivity index (χ1) is 14.4. The number of ether oxygens (including phenoxy) is 1. The number of aromatic nitrogens is 3. The normalized spacial score (nSPS) is 11.5. The van der Waals surface area contributed by atoms with Crippen molar-refractivity contribution < 1.29 is 13.5 Å². The quantitative estimate of drug-likeness (QED) is 0.357. The van der Waals surface area contributed by atoms with Crippen LogP contribution in [0, 0.1) is 25.5 Å². The highest BCUT2D eigenvalue weighted by Gasteiger charge is 2.17. The zero-order chi connectivity index (χ0) is 21.7. The SMILES string of the molecule is COCCc1nc2c(N)nc(C)c(C)c2n1CCCCCSc1ccc(F)cc1F. The Morgan fingerprint density at radius 3 is 2.67 bits per heavy atom. The average molecular weight is 435 g/mol. The van der Waals surface area contributed by atoms with Gasteiger partial charge in [0, 0.05) is 36.7 Å². The number of unbranched alkanes of at least 4 members (excludes halogenated alkanes) is 2. The molecule has 2 heterocycles. The molecular formula is C22H28F2N4OS. The van der Waals surface area contributed by atoms with Crippen LogP contribution in [0.4, 0.5) is 14.6 Å². The molecule has 5 nitrogen and oxygen atoms in total. The summed E-state index contributed by atoms with van der Waals surface area (Å²) in [7, 11) is 1.68. The lowest BCUT2D eigenvalue weighted by atomic mass is 10.2. The van der Waals surface area contributed by atoms with Crippen LogP contribution in [0.15, 0.2) is 23.1 Å². The number of methoxy groups -OCH3 is 1. The Bertz CT molecular complexity index is 1020. The molecule has 0 bridgehead atoms. The number of halogens is 2. The fourth-order valence-corrected chi connectivity index (χ4v) is 4.42. The van der Waals surface area contributed by atoms with E-state index in [1.807, 2.05) is 6.92 Å². The maximum atomic E-state index is 13.7. The highest BCUT2D eigenvalue weighted by molar-refractivity contribution is 7.99. The number of thioether (sulfide) groups is 1. The number of benzene rings is 1. The molecule has 0 saturated carbocycles. The summed E-state index contributed by atoms with van der Waals surface area (Å²) in [5.74, 6) is 1.17. The third-order valence-corrected chi connectivity index (χ3v) is 6.32. The second kappa shape index (κ2) is 10.2. The minimum Gasteiger partial charge on any atom is -0.384 e. The van der Waals surface area contributed by atoms with Gasteiger partial charge in [0.25, 0.3) is 0 Å². The molecule has 3 rings (SSSR count). The lowest BCUT2D eigenvalue weighted by Crippen LogP contribution is -2.08. The van der Waals surface area contributed by atoms with Crippen LogP contribution in [0.25, 0.3) is 11.0 Å². The smallest absolute Gasteiger partial charge is 0.151 e. The van der Waals surface area contributed by atoms with Crippen molar-refractivity contribution in [2.45, 2.75) is 51.0 Å². The van der Waals surface area contributed by atoms with Crippen LogP contribution in [-0.4, -0.2) is 34.0 Å². The Morgan fingerprint density at radius 1 is 1.13 bits per heavy atom. The van der Waals surface area contributed by atoms with Gasteiger partial charge in [-0.05, 0) is 50.1 Å². The summed E-state index contributed by atoms with van der Waals surface area (Å²) in [6, 6.07) is 3.72. The number of imidazole rings is 1. The largest absolute Gasteiger partial charge is 0.384 e. The fourth-order valence-electron chi connectivity index (χ4n) is 3.49. The topological polar surface area (TPSA) is 66.0 Å². The molecule has 30 heavy (non-hydrogen) atoms. The van der Waals surface area contributed by atoms with Gasteiger partial charge < -0.3 is 15.0 Å². The van der Waals surface area contributed by atoms with Gasteiger partial charge in [-0.1, -0.05) is 6.42 Å². The van der Waals surface area contributed by atoms with Gasteiger partial charge in [-0.25, -0.2) is 18.7 Å². The second-order valence-corrected chi connectivity index (χ2v) is 8.45. The van der Waals surface area contributed by atoms with E-state index < -0.39 is 11.6 Å². The molecule has 0 aliphatic carbocycles. The summed E-state index contributed by atoms with van der Waals surface area (Å²) in [6.07, 6.45) is 3.63. The van der Waals surface area contributed by atoms with Crippen LogP contribution < -0.4 is 5.73 Å². The minimum atomic E-state index is -0.546. The average Bonchev–Trinajstić information content (AvgIpc) is 3.07. The minimum absolute atomic E-state index is 0.461. The van der Waals surface area contributed by atoms with E-state index in [4.69, 9.17) is 15.5 Å². The number of hydrogen-bond acceptors (Lipinski definition) is 5. The van der Waals surface area contributed by atoms with Crippen LogP contribution in [0.5, 0.6) is 0 Å².